The minimum atomic E-state index is -2.97. The fraction of sp³-hybridized carbons (Fsp3) is 0.350. The highest BCUT2D eigenvalue weighted by atomic mass is 32.1. The Hall–Kier alpha value is -3.03. The molecule has 0 spiro atoms. The van der Waals surface area contributed by atoms with Crippen LogP contribution in [0.25, 0.3) is 10.6 Å². The summed E-state index contributed by atoms with van der Waals surface area (Å²) in [7, 11) is 0. The van der Waals surface area contributed by atoms with Crippen molar-refractivity contribution in [1.29, 1.82) is 0 Å². The van der Waals surface area contributed by atoms with Crippen LogP contribution >= 0.6 is 11.3 Å². The van der Waals surface area contributed by atoms with Gasteiger partial charge in [-0.05, 0) is 12.1 Å². The molecular formula is C20H20F4N6O2S. The molecule has 2 atom stereocenters. The number of aromatic nitrogens is 3. The van der Waals surface area contributed by atoms with Crippen molar-refractivity contribution >= 4 is 27.9 Å². The first-order chi connectivity index (χ1) is 15.6. The number of nitrogens with two attached hydrogens (primary N) is 2. The Labute approximate surface area is 189 Å². The van der Waals surface area contributed by atoms with Gasteiger partial charge in [0.05, 0.1) is 35.9 Å². The number of halogens is 4. The van der Waals surface area contributed by atoms with Gasteiger partial charge in [0.15, 0.2) is 5.69 Å². The first-order valence-corrected chi connectivity index (χ1v) is 10.7. The van der Waals surface area contributed by atoms with E-state index in [0.29, 0.717) is 5.69 Å². The predicted octanol–water partition coefficient (Wildman–Crippen LogP) is 3.33. The maximum atomic E-state index is 14.1. The van der Waals surface area contributed by atoms with Crippen LogP contribution in [0.15, 0.2) is 24.4 Å². The highest BCUT2D eigenvalue weighted by Gasteiger charge is 2.38. The lowest BCUT2D eigenvalue weighted by Crippen LogP contribution is -2.30. The van der Waals surface area contributed by atoms with Gasteiger partial charge < -0.3 is 21.5 Å². The van der Waals surface area contributed by atoms with Crippen LogP contribution in [0.2, 0.25) is 0 Å². The quantitative estimate of drug-likeness (QED) is 0.411. The molecule has 1 fully saturated rings. The summed E-state index contributed by atoms with van der Waals surface area (Å²) in [6.07, 6.45) is -0.512. The lowest BCUT2D eigenvalue weighted by Gasteiger charge is -2.19. The van der Waals surface area contributed by atoms with Crippen LogP contribution in [-0.4, -0.2) is 45.8 Å². The van der Waals surface area contributed by atoms with E-state index >= 15 is 0 Å². The molecule has 1 aliphatic rings. The van der Waals surface area contributed by atoms with Crippen LogP contribution in [0.4, 0.5) is 28.3 Å². The van der Waals surface area contributed by atoms with Crippen molar-refractivity contribution in [3.63, 3.8) is 0 Å². The average molecular weight is 484 g/mol. The third-order valence-electron chi connectivity index (χ3n) is 5.08. The molecule has 1 amide bonds. The van der Waals surface area contributed by atoms with Crippen LogP contribution in [0, 0.1) is 11.6 Å². The van der Waals surface area contributed by atoms with Crippen molar-refractivity contribution in [1.82, 2.24) is 15.2 Å². The molecule has 33 heavy (non-hydrogen) atoms. The van der Waals surface area contributed by atoms with Crippen molar-refractivity contribution in [3.05, 3.63) is 47.4 Å². The third kappa shape index (κ3) is 5.15. The van der Waals surface area contributed by atoms with Crippen LogP contribution in [0.1, 0.15) is 29.0 Å². The number of aromatic amines is 1. The second kappa shape index (κ2) is 9.08. The number of benzene rings is 1. The number of anilines is 2. The summed E-state index contributed by atoms with van der Waals surface area (Å²) < 4.78 is 61.7. The first-order valence-electron chi connectivity index (χ1n) is 9.92. The zero-order chi connectivity index (χ0) is 23.8. The molecule has 0 aliphatic carbocycles. The molecule has 0 bridgehead atoms. The average Bonchev–Trinajstić information content (AvgIpc) is 3.28. The molecule has 8 nitrogen and oxygen atoms in total. The van der Waals surface area contributed by atoms with Gasteiger partial charge >= 0.3 is 0 Å². The summed E-state index contributed by atoms with van der Waals surface area (Å²) >= 11 is 0.759. The number of rotatable bonds is 5. The van der Waals surface area contributed by atoms with Gasteiger partial charge in [-0.25, -0.2) is 22.5 Å². The molecule has 13 heteroatoms. The van der Waals surface area contributed by atoms with Crippen LogP contribution in [0.5, 0.6) is 0 Å². The van der Waals surface area contributed by atoms with E-state index in [1.54, 1.807) is 0 Å². The molecule has 3 heterocycles. The van der Waals surface area contributed by atoms with Crippen LogP contribution in [-0.2, 0) is 11.2 Å². The van der Waals surface area contributed by atoms with Crippen molar-refractivity contribution in [3.8, 4) is 10.6 Å². The summed E-state index contributed by atoms with van der Waals surface area (Å²) in [6.45, 7) is -0.0131. The monoisotopic (exact) mass is 484 g/mol. The van der Waals surface area contributed by atoms with Crippen molar-refractivity contribution in [2.75, 3.05) is 17.7 Å². The summed E-state index contributed by atoms with van der Waals surface area (Å²) in [6, 6.07) is 2.58. The summed E-state index contributed by atoms with van der Waals surface area (Å²) in [5, 5.41) is 8.93. The molecule has 4 rings (SSSR count). The highest BCUT2D eigenvalue weighted by Crippen LogP contribution is 2.34. The lowest BCUT2D eigenvalue weighted by molar-refractivity contribution is -0.0423. The first kappa shape index (κ1) is 23.1. The number of H-pyrrole nitrogens is 1. The molecule has 2 aromatic heterocycles. The van der Waals surface area contributed by atoms with E-state index in [1.807, 2.05) is 0 Å². The summed E-state index contributed by atoms with van der Waals surface area (Å²) in [4.78, 5) is 16.7. The van der Waals surface area contributed by atoms with E-state index in [-0.39, 0.29) is 40.0 Å². The van der Waals surface area contributed by atoms with Gasteiger partial charge in [0, 0.05) is 25.3 Å². The molecule has 1 aromatic carbocycles. The second-order valence-electron chi connectivity index (χ2n) is 7.73. The molecule has 1 saturated heterocycles. The number of nitrogens with one attached hydrogen (secondary N) is 2. The Morgan fingerprint density at radius 1 is 1.30 bits per heavy atom. The smallest absolute Gasteiger partial charge is 0.277 e. The van der Waals surface area contributed by atoms with Crippen molar-refractivity contribution in [2.24, 2.45) is 5.73 Å². The molecule has 0 saturated carbocycles. The van der Waals surface area contributed by atoms with Gasteiger partial charge in [0.1, 0.15) is 21.6 Å². The second-order valence-corrected chi connectivity index (χ2v) is 8.76. The number of hydrogen-bond acceptors (Lipinski definition) is 7. The third-order valence-corrected chi connectivity index (χ3v) is 5.98. The number of carbonyl (C=O) groups is 1. The molecule has 6 N–H and O–H groups in total. The minimum Gasteiger partial charge on any atom is -0.389 e. The lowest BCUT2D eigenvalue weighted by atomic mass is 10.0. The van der Waals surface area contributed by atoms with Crippen LogP contribution in [0.3, 0.4) is 0 Å². The number of amides is 1. The van der Waals surface area contributed by atoms with Crippen molar-refractivity contribution < 1.29 is 27.1 Å². The van der Waals surface area contributed by atoms with E-state index in [2.05, 4.69) is 20.5 Å². The van der Waals surface area contributed by atoms with Gasteiger partial charge in [-0.3, -0.25) is 9.89 Å². The van der Waals surface area contributed by atoms with E-state index in [4.69, 9.17) is 16.2 Å². The van der Waals surface area contributed by atoms with E-state index in [1.165, 1.54) is 12.3 Å². The molecule has 3 aromatic rings. The molecule has 176 valence electrons. The Morgan fingerprint density at radius 2 is 2.03 bits per heavy atom. The standard InChI is InChI=1S/C20H20F4N6O2S/c21-11-2-1-3-12(22)15(11)19-29-16(17(26)33-19)18(31)28-14-7-27-30-13(14)4-10-6-20(23,24)5-9(25)8-32-10/h1-3,7,9-10H,4-6,8,25-26H2,(H,27,30)(H,28,31). The number of nitrogens with zero attached hydrogens (tertiary/aromatic N) is 2. The normalized spacial score (nSPS) is 20.4. The summed E-state index contributed by atoms with van der Waals surface area (Å²) in [5.74, 6) is -5.40. The predicted molar refractivity (Wildman–Crippen MR) is 114 cm³/mol. The Bertz CT molecular complexity index is 1150. The largest absolute Gasteiger partial charge is 0.389 e. The highest BCUT2D eigenvalue weighted by molar-refractivity contribution is 7.19. The van der Waals surface area contributed by atoms with Gasteiger partial charge in [0.2, 0.25) is 0 Å². The minimum absolute atomic E-state index is 0.0131. The van der Waals surface area contributed by atoms with Crippen LogP contribution < -0.4 is 16.8 Å². The fourth-order valence-electron chi connectivity index (χ4n) is 3.60. The number of ether oxygens (including phenoxy) is 1. The molecule has 2 unspecified atom stereocenters. The van der Waals surface area contributed by atoms with E-state index in [0.717, 1.165) is 23.5 Å². The molecule has 0 radical (unpaired) electrons. The zero-order valence-electron chi connectivity index (χ0n) is 17.1. The zero-order valence-corrected chi connectivity index (χ0v) is 17.9. The van der Waals surface area contributed by atoms with Gasteiger partial charge in [-0.15, -0.1) is 0 Å². The topological polar surface area (TPSA) is 132 Å². The van der Waals surface area contributed by atoms with Gasteiger partial charge in [-0.2, -0.15) is 5.10 Å². The number of alkyl halides is 2. The Morgan fingerprint density at radius 3 is 2.76 bits per heavy atom. The Kier molecular flexibility index (Phi) is 6.36. The SMILES string of the molecule is Nc1sc(-c2c(F)cccc2F)nc1C(=O)Nc1cn[nH]c1CC1CC(F)(F)CC(N)CO1. The molecular weight excluding hydrogens is 464 g/mol. The number of carbonyl (C=O) groups excluding carboxylic acids is 1. The number of hydrogen-bond donors (Lipinski definition) is 4. The Balaban J connectivity index is 1.51. The van der Waals surface area contributed by atoms with E-state index in [9.17, 15) is 22.4 Å². The maximum Gasteiger partial charge on any atom is 0.277 e. The van der Waals surface area contributed by atoms with Gasteiger partial charge in [-0.1, -0.05) is 17.4 Å². The van der Waals surface area contributed by atoms with E-state index < -0.39 is 48.5 Å². The maximum absolute atomic E-state index is 14.1. The summed E-state index contributed by atoms with van der Waals surface area (Å²) in [5.41, 5.74) is 11.5. The number of nitrogen functional groups attached to an aromatic ring is 1. The number of thiazole rings is 1. The molecule has 1 aliphatic heterocycles. The fourth-order valence-corrected chi connectivity index (χ4v) is 4.48. The van der Waals surface area contributed by atoms with Crippen molar-refractivity contribution in [2.45, 2.75) is 37.3 Å². The van der Waals surface area contributed by atoms with Gasteiger partial charge in [0.25, 0.3) is 11.8 Å².